The van der Waals surface area contributed by atoms with E-state index in [2.05, 4.69) is 29.3 Å². The lowest BCUT2D eigenvalue weighted by Crippen LogP contribution is -2.22. The molecule has 0 atom stereocenters. The molecule has 0 aliphatic carbocycles. The summed E-state index contributed by atoms with van der Waals surface area (Å²) < 4.78 is 12.8. The van der Waals surface area contributed by atoms with Crippen molar-refractivity contribution in [2.45, 2.75) is 0 Å². The molecule has 11 heteroatoms. The Labute approximate surface area is 181 Å². The number of imidazole rings is 1. The van der Waals surface area contributed by atoms with E-state index in [1.54, 1.807) is 49.0 Å². The number of hydrogen-bond acceptors (Lipinski definition) is 9. The number of aromatic hydroxyl groups is 1. The standard InChI is InChI=1S/C19H18ClN7O2S/c20-13-2-1-12(11-15(13)28)16-17(27-9-10-29-19(27)25-16)14-3-4-21-18(24-14)22-5-7-26-8-6-23-30-26/h1-4,9-11,23,28H,5-8H2,(H,21,22,24). The monoisotopic (exact) mass is 443 g/mol. The number of nitrogens with zero attached hydrogens (tertiary/aromatic N) is 5. The Morgan fingerprint density at radius 1 is 1.30 bits per heavy atom. The number of phenols is 1. The lowest BCUT2D eigenvalue weighted by Gasteiger charge is -2.12. The predicted molar refractivity (Wildman–Crippen MR) is 116 cm³/mol. The number of fused-ring (bicyclic) bond motifs is 1. The molecule has 9 nitrogen and oxygen atoms in total. The van der Waals surface area contributed by atoms with Crippen molar-refractivity contribution < 1.29 is 9.52 Å². The van der Waals surface area contributed by atoms with Gasteiger partial charge in [-0.3, -0.25) is 4.40 Å². The van der Waals surface area contributed by atoms with Crippen LogP contribution in [0, 0.1) is 0 Å². The van der Waals surface area contributed by atoms with Crippen LogP contribution in [-0.2, 0) is 0 Å². The van der Waals surface area contributed by atoms with Crippen molar-refractivity contribution in [2.75, 3.05) is 31.5 Å². The molecule has 1 saturated heterocycles. The summed E-state index contributed by atoms with van der Waals surface area (Å²) in [7, 11) is 0. The minimum Gasteiger partial charge on any atom is -0.506 e. The van der Waals surface area contributed by atoms with Crippen LogP contribution in [0.2, 0.25) is 5.02 Å². The van der Waals surface area contributed by atoms with E-state index in [9.17, 15) is 5.11 Å². The van der Waals surface area contributed by atoms with Crippen LogP contribution in [0.5, 0.6) is 5.75 Å². The number of hydrogen-bond donors (Lipinski definition) is 3. The maximum Gasteiger partial charge on any atom is 0.306 e. The van der Waals surface area contributed by atoms with Crippen molar-refractivity contribution in [3.05, 3.63) is 47.9 Å². The average Bonchev–Trinajstić information content (AvgIpc) is 3.47. The Morgan fingerprint density at radius 3 is 3.07 bits per heavy atom. The first-order chi connectivity index (χ1) is 14.7. The number of oxazole rings is 1. The molecule has 0 bridgehead atoms. The maximum atomic E-state index is 10.0. The average molecular weight is 444 g/mol. The normalized spacial score (nSPS) is 14.6. The second kappa shape index (κ2) is 8.15. The lowest BCUT2D eigenvalue weighted by molar-refractivity contribution is 0.476. The predicted octanol–water partition coefficient (Wildman–Crippen LogP) is 3.29. The van der Waals surface area contributed by atoms with Gasteiger partial charge in [0.15, 0.2) is 0 Å². The van der Waals surface area contributed by atoms with Gasteiger partial charge in [-0.1, -0.05) is 17.7 Å². The molecule has 4 heterocycles. The highest BCUT2D eigenvalue weighted by molar-refractivity contribution is 7.95. The molecule has 1 aromatic carbocycles. The molecule has 3 N–H and O–H groups in total. The van der Waals surface area contributed by atoms with Crippen LogP contribution in [0.15, 0.2) is 47.3 Å². The highest BCUT2D eigenvalue weighted by atomic mass is 35.5. The fraction of sp³-hybridized carbons (Fsp3) is 0.211. The molecule has 0 radical (unpaired) electrons. The van der Waals surface area contributed by atoms with Gasteiger partial charge in [0.05, 0.1) is 10.7 Å². The molecule has 1 fully saturated rings. The number of nitrogens with one attached hydrogen (secondary N) is 2. The first-order valence-corrected chi connectivity index (χ1v) is 10.5. The molecule has 154 valence electrons. The number of halogens is 1. The number of anilines is 1. The molecule has 4 aromatic rings. The molecule has 1 aliphatic rings. The van der Waals surface area contributed by atoms with Crippen molar-refractivity contribution in [3.63, 3.8) is 0 Å². The molecule has 3 aromatic heterocycles. The van der Waals surface area contributed by atoms with E-state index in [4.69, 9.17) is 16.0 Å². The molecule has 0 unspecified atom stereocenters. The van der Waals surface area contributed by atoms with Crippen LogP contribution in [0.3, 0.4) is 0 Å². The van der Waals surface area contributed by atoms with Crippen molar-refractivity contribution >= 4 is 35.5 Å². The van der Waals surface area contributed by atoms with Gasteiger partial charge < -0.3 is 14.8 Å². The lowest BCUT2D eigenvalue weighted by atomic mass is 10.1. The van der Waals surface area contributed by atoms with Gasteiger partial charge in [-0.15, -0.1) is 0 Å². The number of benzene rings is 1. The van der Waals surface area contributed by atoms with Gasteiger partial charge in [0.25, 0.3) is 0 Å². The topological polar surface area (TPSA) is 104 Å². The third kappa shape index (κ3) is 3.70. The number of aromatic nitrogens is 4. The molecule has 0 saturated carbocycles. The van der Waals surface area contributed by atoms with Gasteiger partial charge >= 0.3 is 5.84 Å². The SMILES string of the molecule is Oc1cc(-c2nc3occn3c2-c2ccnc(NCCN3CCNS3)n2)ccc1Cl. The molecule has 1 aliphatic heterocycles. The zero-order chi connectivity index (χ0) is 20.5. The molecule has 30 heavy (non-hydrogen) atoms. The van der Waals surface area contributed by atoms with Crippen LogP contribution in [0.4, 0.5) is 5.95 Å². The molecule has 0 spiro atoms. The highest BCUT2D eigenvalue weighted by Gasteiger charge is 2.20. The second-order valence-corrected chi connectivity index (χ2v) is 8.03. The van der Waals surface area contributed by atoms with E-state index in [1.807, 2.05) is 10.5 Å². The zero-order valence-electron chi connectivity index (χ0n) is 15.7. The first-order valence-electron chi connectivity index (χ1n) is 9.35. The summed E-state index contributed by atoms with van der Waals surface area (Å²) in [5, 5.41) is 13.6. The Bertz CT molecular complexity index is 1190. The second-order valence-electron chi connectivity index (χ2n) is 6.64. The summed E-state index contributed by atoms with van der Waals surface area (Å²) in [4.78, 5) is 13.6. The smallest absolute Gasteiger partial charge is 0.306 e. The van der Waals surface area contributed by atoms with Gasteiger partial charge in [-0.25, -0.2) is 19.0 Å². The van der Waals surface area contributed by atoms with Crippen molar-refractivity contribution in [1.29, 1.82) is 0 Å². The van der Waals surface area contributed by atoms with Crippen LogP contribution in [0.1, 0.15) is 0 Å². The summed E-state index contributed by atoms with van der Waals surface area (Å²) in [5.41, 5.74) is 2.76. The van der Waals surface area contributed by atoms with E-state index >= 15 is 0 Å². The fourth-order valence-corrected chi connectivity index (χ4v) is 4.12. The van der Waals surface area contributed by atoms with E-state index in [1.165, 1.54) is 0 Å². The number of rotatable bonds is 6. The molecular formula is C19H18ClN7O2S. The van der Waals surface area contributed by atoms with Crippen molar-refractivity contribution in [3.8, 4) is 28.4 Å². The van der Waals surface area contributed by atoms with Crippen LogP contribution in [0.25, 0.3) is 28.5 Å². The van der Waals surface area contributed by atoms with Gasteiger partial charge in [0.2, 0.25) is 5.95 Å². The largest absolute Gasteiger partial charge is 0.506 e. The summed E-state index contributed by atoms with van der Waals surface area (Å²) >= 11 is 7.60. The van der Waals surface area contributed by atoms with Crippen molar-refractivity contribution in [2.24, 2.45) is 0 Å². The summed E-state index contributed by atoms with van der Waals surface area (Å²) in [6.45, 7) is 3.60. The van der Waals surface area contributed by atoms with Crippen LogP contribution in [-0.4, -0.2) is 54.9 Å². The fourth-order valence-electron chi connectivity index (χ4n) is 3.27. The summed E-state index contributed by atoms with van der Waals surface area (Å²) in [5.74, 6) is 0.957. The third-order valence-electron chi connectivity index (χ3n) is 4.68. The molecular weight excluding hydrogens is 426 g/mol. The Balaban J connectivity index is 1.48. The van der Waals surface area contributed by atoms with E-state index in [0.29, 0.717) is 28.7 Å². The Morgan fingerprint density at radius 2 is 2.23 bits per heavy atom. The van der Waals surface area contributed by atoms with E-state index in [-0.39, 0.29) is 10.8 Å². The first kappa shape index (κ1) is 19.2. The van der Waals surface area contributed by atoms with Crippen molar-refractivity contribution in [1.82, 2.24) is 28.4 Å². The van der Waals surface area contributed by atoms with Crippen LogP contribution < -0.4 is 10.0 Å². The Hall–Kier alpha value is -2.79. The zero-order valence-corrected chi connectivity index (χ0v) is 17.3. The van der Waals surface area contributed by atoms with Gasteiger partial charge in [0, 0.05) is 56.3 Å². The summed E-state index contributed by atoms with van der Waals surface area (Å²) in [6, 6.07) is 6.83. The van der Waals surface area contributed by atoms with Crippen LogP contribution >= 0.6 is 23.7 Å². The minimum absolute atomic E-state index is 0.0101. The maximum absolute atomic E-state index is 10.0. The minimum atomic E-state index is -0.0101. The summed E-state index contributed by atoms with van der Waals surface area (Å²) in [6.07, 6.45) is 5.06. The third-order valence-corrected chi connectivity index (χ3v) is 5.96. The van der Waals surface area contributed by atoms with Gasteiger partial charge in [-0.2, -0.15) is 4.98 Å². The molecule has 5 rings (SSSR count). The van der Waals surface area contributed by atoms with E-state index < -0.39 is 0 Å². The Kier molecular flexibility index (Phi) is 5.21. The van der Waals surface area contributed by atoms with E-state index in [0.717, 1.165) is 31.9 Å². The number of phenolic OH excluding ortho intramolecular Hbond substituents is 1. The van der Waals surface area contributed by atoms with Gasteiger partial charge in [-0.05, 0) is 18.2 Å². The molecule has 0 amide bonds. The van der Waals surface area contributed by atoms with Gasteiger partial charge in [0.1, 0.15) is 23.4 Å². The highest BCUT2D eigenvalue weighted by Crippen LogP contribution is 2.35. The quantitative estimate of drug-likeness (QED) is 0.387.